The first kappa shape index (κ1) is 14.8. The van der Waals surface area contributed by atoms with Gasteiger partial charge < -0.3 is 4.74 Å². The Labute approximate surface area is 128 Å². The molecule has 0 heterocycles. The Balaban J connectivity index is 2.16. The van der Waals surface area contributed by atoms with Crippen LogP contribution in [0.1, 0.15) is 15.9 Å². The Morgan fingerprint density at radius 1 is 1.14 bits per heavy atom. The first-order chi connectivity index (χ1) is 10.2. The molecule has 2 aromatic carbocycles. The van der Waals surface area contributed by atoms with Crippen LogP contribution in [0.2, 0.25) is 5.02 Å². The summed E-state index contributed by atoms with van der Waals surface area (Å²) < 4.78 is 5.53. The highest BCUT2D eigenvalue weighted by Gasteiger charge is 2.04. The van der Waals surface area contributed by atoms with E-state index in [1.807, 2.05) is 18.2 Å². The fraction of sp³-hybridized carbons (Fsp3) is 0.0588. The Bertz CT molecular complexity index is 717. The van der Waals surface area contributed by atoms with Crippen molar-refractivity contribution in [2.24, 2.45) is 0 Å². The zero-order valence-corrected chi connectivity index (χ0v) is 11.9. The Hall–Kier alpha value is -2.57. The van der Waals surface area contributed by atoms with Gasteiger partial charge in [-0.3, -0.25) is 4.79 Å². The summed E-state index contributed by atoms with van der Waals surface area (Å²) in [5.41, 5.74) is 1.62. The zero-order valence-electron chi connectivity index (χ0n) is 11.1. The number of benzene rings is 2. The molecule has 0 aliphatic carbocycles. The summed E-state index contributed by atoms with van der Waals surface area (Å²) in [5.74, 6) is 0.452. The molecule has 2 aromatic rings. The molecule has 0 radical (unpaired) electrons. The Morgan fingerprint density at radius 2 is 1.81 bits per heavy atom. The summed E-state index contributed by atoms with van der Waals surface area (Å²) in [6.07, 6.45) is 2.39. The number of carbonyl (C=O) groups is 1. The van der Waals surface area contributed by atoms with Gasteiger partial charge in [0.05, 0.1) is 17.2 Å². The number of nitriles is 1. The molecule has 0 unspecified atom stereocenters. The lowest BCUT2D eigenvalue weighted by Crippen LogP contribution is -2.02. The van der Waals surface area contributed by atoms with Gasteiger partial charge in [-0.15, -0.1) is 0 Å². The van der Waals surface area contributed by atoms with Crippen LogP contribution < -0.4 is 4.74 Å². The van der Waals surface area contributed by atoms with Crippen LogP contribution in [0.5, 0.6) is 5.75 Å². The maximum atomic E-state index is 10.9. The van der Waals surface area contributed by atoms with Crippen LogP contribution in [-0.4, -0.2) is 12.9 Å². The normalized spacial score (nSPS) is 10.8. The lowest BCUT2D eigenvalue weighted by atomic mass is 10.1. The van der Waals surface area contributed by atoms with Crippen LogP contribution in [-0.2, 0) is 0 Å². The van der Waals surface area contributed by atoms with Crippen molar-refractivity contribution in [3.05, 3.63) is 70.3 Å². The molecule has 3 nitrogen and oxygen atoms in total. The maximum Gasteiger partial charge on any atom is 0.153 e. The number of halogens is 1. The van der Waals surface area contributed by atoms with E-state index in [1.165, 1.54) is 0 Å². The molecule has 0 N–H and O–H groups in total. The minimum Gasteiger partial charge on any atom is -0.487 e. The van der Waals surface area contributed by atoms with Crippen molar-refractivity contribution in [3.8, 4) is 11.8 Å². The first-order valence-electron chi connectivity index (χ1n) is 6.27. The summed E-state index contributed by atoms with van der Waals surface area (Å²) in [6.45, 7) is 0.0760. The number of nitrogens with zero attached hydrogens (tertiary/aromatic N) is 1. The molecule has 0 atom stereocenters. The third-order valence-electron chi connectivity index (χ3n) is 2.81. The third-order valence-corrected chi connectivity index (χ3v) is 3.15. The highest BCUT2D eigenvalue weighted by atomic mass is 35.5. The molecular formula is C17H12ClNO2. The molecular weight excluding hydrogens is 286 g/mol. The van der Waals surface area contributed by atoms with Crippen LogP contribution >= 0.6 is 11.6 Å². The fourth-order valence-corrected chi connectivity index (χ4v) is 1.94. The molecule has 0 saturated heterocycles. The molecule has 0 aliphatic rings. The van der Waals surface area contributed by atoms with Gasteiger partial charge in [0.15, 0.2) is 6.29 Å². The van der Waals surface area contributed by atoms with E-state index in [1.54, 1.807) is 36.4 Å². The van der Waals surface area contributed by atoms with Gasteiger partial charge in [-0.05, 0) is 29.8 Å². The molecule has 21 heavy (non-hydrogen) atoms. The van der Waals surface area contributed by atoms with Gasteiger partial charge in [-0.1, -0.05) is 41.9 Å². The summed E-state index contributed by atoms with van der Waals surface area (Å²) in [6, 6.07) is 16.2. The lowest BCUT2D eigenvalue weighted by Gasteiger charge is -2.07. The molecule has 0 saturated carbocycles. The van der Waals surface area contributed by atoms with Gasteiger partial charge in [-0.25, -0.2) is 0 Å². The first-order valence-corrected chi connectivity index (χ1v) is 6.64. The number of hydrogen-bond donors (Lipinski definition) is 0. The average molecular weight is 298 g/mol. The summed E-state index contributed by atoms with van der Waals surface area (Å²) >= 11 is 6.05. The van der Waals surface area contributed by atoms with Crippen LogP contribution in [0.25, 0.3) is 6.08 Å². The van der Waals surface area contributed by atoms with E-state index in [0.29, 0.717) is 21.9 Å². The van der Waals surface area contributed by atoms with Crippen LogP contribution in [0, 0.1) is 11.3 Å². The largest absolute Gasteiger partial charge is 0.487 e. The predicted octanol–water partition coefficient (Wildman–Crippen LogP) is 4.14. The van der Waals surface area contributed by atoms with Crippen molar-refractivity contribution in [2.45, 2.75) is 0 Å². The maximum absolute atomic E-state index is 10.9. The molecule has 104 valence electrons. The monoisotopic (exact) mass is 297 g/mol. The molecule has 0 spiro atoms. The molecule has 0 aliphatic heterocycles. The second kappa shape index (κ2) is 7.28. The zero-order chi connectivity index (χ0) is 15.1. The van der Waals surface area contributed by atoms with E-state index >= 15 is 0 Å². The highest BCUT2D eigenvalue weighted by molar-refractivity contribution is 6.32. The van der Waals surface area contributed by atoms with Crippen molar-refractivity contribution < 1.29 is 9.53 Å². The van der Waals surface area contributed by atoms with Gasteiger partial charge in [0.2, 0.25) is 0 Å². The number of carbonyl (C=O) groups excluding carboxylic acids is 1. The summed E-state index contributed by atoms with van der Waals surface area (Å²) in [5, 5.41) is 9.74. The Morgan fingerprint density at radius 3 is 2.48 bits per heavy atom. The van der Waals surface area contributed by atoms with Gasteiger partial charge in [0, 0.05) is 5.02 Å². The van der Waals surface area contributed by atoms with E-state index in [2.05, 4.69) is 6.07 Å². The van der Waals surface area contributed by atoms with Gasteiger partial charge >= 0.3 is 0 Å². The van der Waals surface area contributed by atoms with Crippen molar-refractivity contribution in [1.29, 1.82) is 5.26 Å². The topological polar surface area (TPSA) is 50.1 Å². The standard InChI is InChI=1S/C17H12ClNO2/c18-16-7-3-1-5-14(16)9-13(10-19)12-21-17-8-4-2-6-15(17)11-20/h1-9,11H,12H2. The number of ether oxygens (including phenoxy) is 1. The quantitative estimate of drug-likeness (QED) is 0.615. The van der Waals surface area contributed by atoms with Crippen molar-refractivity contribution in [1.82, 2.24) is 0 Å². The number of rotatable bonds is 5. The smallest absolute Gasteiger partial charge is 0.153 e. The SMILES string of the molecule is N#CC(=Cc1ccccc1Cl)COc1ccccc1C=O. The third kappa shape index (κ3) is 3.95. The second-order valence-corrected chi connectivity index (χ2v) is 4.65. The molecule has 0 bridgehead atoms. The minimum atomic E-state index is 0.0760. The number of para-hydroxylation sites is 1. The summed E-state index contributed by atoms with van der Waals surface area (Å²) in [7, 11) is 0. The van der Waals surface area contributed by atoms with E-state index in [0.717, 1.165) is 11.8 Å². The molecule has 0 fully saturated rings. The predicted molar refractivity (Wildman–Crippen MR) is 82.4 cm³/mol. The highest BCUT2D eigenvalue weighted by Crippen LogP contribution is 2.20. The van der Waals surface area contributed by atoms with E-state index in [9.17, 15) is 10.1 Å². The van der Waals surface area contributed by atoms with Crippen LogP contribution in [0.15, 0.2) is 54.1 Å². The fourth-order valence-electron chi connectivity index (χ4n) is 1.75. The van der Waals surface area contributed by atoms with Crippen molar-refractivity contribution in [2.75, 3.05) is 6.61 Å². The van der Waals surface area contributed by atoms with Gasteiger partial charge in [0.1, 0.15) is 12.4 Å². The van der Waals surface area contributed by atoms with Gasteiger partial charge in [-0.2, -0.15) is 5.26 Å². The molecule has 0 amide bonds. The average Bonchev–Trinajstić information content (AvgIpc) is 2.53. The van der Waals surface area contributed by atoms with Gasteiger partial charge in [0.25, 0.3) is 0 Å². The van der Waals surface area contributed by atoms with Crippen LogP contribution in [0.3, 0.4) is 0 Å². The minimum absolute atomic E-state index is 0.0760. The van der Waals surface area contributed by atoms with E-state index in [-0.39, 0.29) is 6.61 Å². The number of aldehydes is 1. The van der Waals surface area contributed by atoms with Crippen molar-refractivity contribution in [3.63, 3.8) is 0 Å². The molecule has 0 aromatic heterocycles. The Kier molecular flexibility index (Phi) is 5.14. The number of hydrogen-bond acceptors (Lipinski definition) is 3. The van der Waals surface area contributed by atoms with E-state index < -0.39 is 0 Å². The summed E-state index contributed by atoms with van der Waals surface area (Å²) in [4.78, 5) is 10.9. The van der Waals surface area contributed by atoms with Crippen LogP contribution in [0.4, 0.5) is 0 Å². The van der Waals surface area contributed by atoms with Crippen molar-refractivity contribution >= 4 is 24.0 Å². The lowest BCUT2D eigenvalue weighted by molar-refractivity contribution is 0.112. The molecule has 2 rings (SSSR count). The second-order valence-electron chi connectivity index (χ2n) is 4.25. The molecule has 4 heteroatoms. The van der Waals surface area contributed by atoms with E-state index in [4.69, 9.17) is 16.3 Å².